The summed E-state index contributed by atoms with van der Waals surface area (Å²) in [6.07, 6.45) is 0. The summed E-state index contributed by atoms with van der Waals surface area (Å²) in [5, 5.41) is 4.23. The van der Waals surface area contributed by atoms with Gasteiger partial charge in [-0.3, -0.25) is 0 Å². The van der Waals surface area contributed by atoms with Crippen molar-refractivity contribution in [2.24, 2.45) is 0 Å². The minimum absolute atomic E-state index is 0.127. The fourth-order valence-corrected chi connectivity index (χ4v) is 2.92. The predicted octanol–water partition coefficient (Wildman–Crippen LogP) is 4.88. The molecule has 0 amide bonds. The molecular formula is C18H22ClN. The first-order valence-electron chi connectivity index (χ1n) is 6.95. The Hall–Kier alpha value is -1.31. The topological polar surface area (TPSA) is 12.0 Å². The van der Waals surface area contributed by atoms with E-state index in [1.807, 2.05) is 7.05 Å². The zero-order chi connectivity index (χ0) is 14.9. The van der Waals surface area contributed by atoms with Crippen LogP contribution < -0.4 is 5.32 Å². The SMILES string of the molecule is CNC(c1cc(C)c(C)cc1Cl)c1cccc(C)c1C. The first-order chi connectivity index (χ1) is 9.45. The Balaban J connectivity index is 2.58. The van der Waals surface area contributed by atoms with Crippen molar-refractivity contribution >= 4 is 11.6 Å². The predicted molar refractivity (Wildman–Crippen MR) is 87.7 cm³/mol. The Kier molecular flexibility index (Phi) is 4.52. The van der Waals surface area contributed by atoms with E-state index in [9.17, 15) is 0 Å². The van der Waals surface area contributed by atoms with Gasteiger partial charge >= 0.3 is 0 Å². The maximum atomic E-state index is 6.48. The van der Waals surface area contributed by atoms with Crippen molar-refractivity contribution in [3.8, 4) is 0 Å². The zero-order valence-corrected chi connectivity index (χ0v) is 13.6. The van der Waals surface area contributed by atoms with Crippen LogP contribution in [0, 0.1) is 27.7 Å². The average Bonchev–Trinajstić information content (AvgIpc) is 2.41. The zero-order valence-electron chi connectivity index (χ0n) is 12.8. The summed E-state index contributed by atoms with van der Waals surface area (Å²) >= 11 is 6.48. The highest BCUT2D eigenvalue weighted by atomic mass is 35.5. The van der Waals surface area contributed by atoms with Crippen LogP contribution >= 0.6 is 11.6 Å². The Morgan fingerprint density at radius 3 is 2.20 bits per heavy atom. The molecule has 0 aromatic heterocycles. The van der Waals surface area contributed by atoms with E-state index < -0.39 is 0 Å². The van der Waals surface area contributed by atoms with E-state index in [-0.39, 0.29) is 6.04 Å². The summed E-state index contributed by atoms with van der Waals surface area (Å²) in [6.45, 7) is 8.54. The third-order valence-electron chi connectivity index (χ3n) is 4.17. The second-order valence-corrected chi connectivity index (χ2v) is 5.88. The maximum absolute atomic E-state index is 6.48. The van der Waals surface area contributed by atoms with E-state index >= 15 is 0 Å². The van der Waals surface area contributed by atoms with Gasteiger partial charge in [-0.05, 0) is 74.2 Å². The molecule has 1 unspecified atom stereocenters. The van der Waals surface area contributed by atoms with E-state index in [0.29, 0.717) is 0 Å². The minimum atomic E-state index is 0.127. The minimum Gasteiger partial charge on any atom is -0.309 e. The summed E-state index contributed by atoms with van der Waals surface area (Å²) in [7, 11) is 1.98. The van der Waals surface area contributed by atoms with E-state index in [0.717, 1.165) is 10.6 Å². The standard InChI is InChI=1S/C18H22ClN/c1-11-7-6-8-15(14(11)4)18(20-5)16-9-12(2)13(3)10-17(16)19/h6-10,18,20H,1-5H3. The Morgan fingerprint density at radius 2 is 1.55 bits per heavy atom. The monoisotopic (exact) mass is 287 g/mol. The summed E-state index contributed by atoms with van der Waals surface area (Å²) in [5.74, 6) is 0. The van der Waals surface area contributed by atoms with Crippen LogP contribution in [0.3, 0.4) is 0 Å². The van der Waals surface area contributed by atoms with Gasteiger partial charge in [0.15, 0.2) is 0 Å². The van der Waals surface area contributed by atoms with Gasteiger partial charge in [0.05, 0.1) is 6.04 Å². The van der Waals surface area contributed by atoms with E-state index in [1.165, 1.54) is 27.8 Å². The lowest BCUT2D eigenvalue weighted by Gasteiger charge is -2.22. The van der Waals surface area contributed by atoms with Gasteiger partial charge < -0.3 is 5.32 Å². The molecule has 1 nitrogen and oxygen atoms in total. The molecule has 106 valence electrons. The molecule has 1 atom stereocenters. The van der Waals surface area contributed by atoms with Gasteiger partial charge in [0, 0.05) is 5.02 Å². The molecule has 0 aliphatic heterocycles. The largest absolute Gasteiger partial charge is 0.309 e. The van der Waals surface area contributed by atoms with Crippen LogP contribution in [0.4, 0.5) is 0 Å². The first kappa shape index (κ1) is 15.1. The van der Waals surface area contributed by atoms with Crippen LogP contribution in [-0.2, 0) is 0 Å². The number of halogens is 1. The van der Waals surface area contributed by atoms with Crippen molar-refractivity contribution in [3.63, 3.8) is 0 Å². The summed E-state index contributed by atoms with van der Waals surface area (Å²) in [6, 6.07) is 10.8. The second-order valence-electron chi connectivity index (χ2n) is 5.47. The molecule has 0 radical (unpaired) electrons. The molecule has 2 heteroatoms. The number of hydrogen-bond acceptors (Lipinski definition) is 1. The summed E-state index contributed by atoms with van der Waals surface area (Å²) in [4.78, 5) is 0. The molecule has 0 heterocycles. The maximum Gasteiger partial charge on any atom is 0.0591 e. The van der Waals surface area contributed by atoms with Crippen LogP contribution in [0.25, 0.3) is 0 Å². The molecule has 2 rings (SSSR count). The Morgan fingerprint density at radius 1 is 0.900 bits per heavy atom. The molecule has 2 aromatic rings. The lowest BCUT2D eigenvalue weighted by atomic mass is 9.91. The van der Waals surface area contributed by atoms with Gasteiger partial charge in [-0.15, -0.1) is 0 Å². The molecule has 0 saturated carbocycles. The quantitative estimate of drug-likeness (QED) is 0.848. The summed E-state index contributed by atoms with van der Waals surface area (Å²) < 4.78 is 0. The normalized spacial score (nSPS) is 12.5. The Labute approximate surface area is 127 Å². The number of aryl methyl sites for hydroxylation is 3. The van der Waals surface area contributed by atoms with Crippen LogP contribution in [-0.4, -0.2) is 7.05 Å². The van der Waals surface area contributed by atoms with Gasteiger partial charge in [-0.2, -0.15) is 0 Å². The number of hydrogen-bond donors (Lipinski definition) is 1. The molecular weight excluding hydrogens is 266 g/mol. The van der Waals surface area contributed by atoms with E-state index in [4.69, 9.17) is 11.6 Å². The molecule has 1 N–H and O–H groups in total. The molecule has 0 aliphatic carbocycles. The van der Waals surface area contributed by atoms with Crippen molar-refractivity contribution in [1.82, 2.24) is 5.32 Å². The fraction of sp³-hybridized carbons (Fsp3) is 0.333. The highest BCUT2D eigenvalue weighted by Gasteiger charge is 2.18. The third-order valence-corrected chi connectivity index (χ3v) is 4.50. The smallest absolute Gasteiger partial charge is 0.0591 e. The molecule has 0 fully saturated rings. The summed E-state index contributed by atoms with van der Waals surface area (Å²) in [5.41, 5.74) is 7.57. The highest BCUT2D eigenvalue weighted by Crippen LogP contribution is 2.32. The van der Waals surface area contributed by atoms with Gasteiger partial charge in [-0.25, -0.2) is 0 Å². The molecule has 0 bridgehead atoms. The van der Waals surface area contributed by atoms with Crippen molar-refractivity contribution in [3.05, 3.63) is 68.7 Å². The van der Waals surface area contributed by atoms with Crippen molar-refractivity contribution in [2.75, 3.05) is 7.05 Å². The lowest BCUT2D eigenvalue weighted by molar-refractivity contribution is 0.686. The molecule has 0 saturated heterocycles. The third kappa shape index (κ3) is 2.74. The van der Waals surface area contributed by atoms with Gasteiger partial charge in [-0.1, -0.05) is 35.9 Å². The first-order valence-corrected chi connectivity index (χ1v) is 7.33. The second kappa shape index (κ2) is 5.99. The van der Waals surface area contributed by atoms with Crippen molar-refractivity contribution in [2.45, 2.75) is 33.7 Å². The van der Waals surface area contributed by atoms with Gasteiger partial charge in [0.2, 0.25) is 0 Å². The highest BCUT2D eigenvalue weighted by molar-refractivity contribution is 6.31. The lowest BCUT2D eigenvalue weighted by Crippen LogP contribution is -2.19. The number of nitrogens with one attached hydrogen (secondary N) is 1. The fourth-order valence-electron chi connectivity index (χ4n) is 2.59. The van der Waals surface area contributed by atoms with Crippen LogP contribution in [0.1, 0.15) is 39.4 Å². The van der Waals surface area contributed by atoms with Crippen LogP contribution in [0.2, 0.25) is 5.02 Å². The molecule has 0 spiro atoms. The van der Waals surface area contributed by atoms with Gasteiger partial charge in [0.25, 0.3) is 0 Å². The van der Waals surface area contributed by atoms with E-state index in [1.54, 1.807) is 0 Å². The molecule has 2 aromatic carbocycles. The van der Waals surface area contributed by atoms with Crippen molar-refractivity contribution in [1.29, 1.82) is 0 Å². The molecule has 0 aliphatic rings. The Bertz CT molecular complexity index is 632. The number of rotatable bonds is 3. The van der Waals surface area contributed by atoms with Crippen LogP contribution in [0.5, 0.6) is 0 Å². The van der Waals surface area contributed by atoms with Gasteiger partial charge in [0.1, 0.15) is 0 Å². The van der Waals surface area contributed by atoms with Crippen LogP contribution in [0.15, 0.2) is 30.3 Å². The molecule has 20 heavy (non-hydrogen) atoms. The number of benzene rings is 2. The van der Waals surface area contributed by atoms with Crippen molar-refractivity contribution < 1.29 is 0 Å². The average molecular weight is 288 g/mol. The van der Waals surface area contributed by atoms with E-state index in [2.05, 4.69) is 63.3 Å².